The minimum absolute atomic E-state index is 0.104. The number of rotatable bonds is 4. The summed E-state index contributed by atoms with van der Waals surface area (Å²) in [6, 6.07) is 17.1. The van der Waals surface area contributed by atoms with Crippen molar-refractivity contribution in [2.75, 3.05) is 10.6 Å². The van der Waals surface area contributed by atoms with Gasteiger partial charge in [0.15, 0.2) is 0 Å². The fourth-order valence-corrected chi connectivity index (χ4v) is 2.96. The van der Waals surface area contributed by atoms with Crippen molar-refractivity contribution < 1.29 is 14.0 Å². The van der Waals surface area contributed by atoms with Crippen molar-refractivity contribution >= 4 is 29.0 Å². The molecular formula is C20H15FN4O2. The first-order chi connectivity index (χ1) is 13.1. The number of hydrogen-bond donors (Lipinski definition) is 3. The molecule has 4 rings (SSSR count). The first-order valence-corrected chi connectivity index (χ1v) is 8.30. The monoisotopic (exact) mass is 362 g/mol. The zero-order valence-electron chi connectivity index (χ0n) is 14.1. The second kappa shape index (κ2) is 6.87. The third kappa shape index (κ3) is 3.22. The van der Waals surface area contributed by atoms with Crippen LogP contribution in [0.2, 0.25) is 0 Å². The molecule has 0 aliphatic carbocycles. The second-order valence-electron chi connectivity index (χ2n) is 5.95. The van der Waals surface area contributed by atoms with Crippen LogP contribution in [0.25, 0.3) is 0 Å². The van der Waals surface area contributed by atoms with Gasteiger partial charge >= 0.3 is 0 Å². The molecule has 1 aromatic heterocycles. The molecule has 0 fully saturated rings. The molecule has 7 heteroatoms. The van der Waals surface area contributed by atoms with E-state index >= 15 is 0 Å². The van der Waals surface area contributed by atoms with Crippen LogP contribution in [0.4, 0.5) is 21.6 Å². The molecule has 0 saturated carbocycles. The van der Waals surface area contributed by atoms with Crippen LogP contribution in [0.3, 0.4) is 0 Å². The van der Waals surface area contributed by atoms with E-state index in [2.05, 4.69) is 20.9 Å². The van der Waals surface area contributed by atoms with E-state index in [1.807, 2.05) is 0 Å². The van der Waals surface area contributed by atoms with Gasteiger partial charge in [0.05, 0.1) is 11.3 Å². The molecule has 2 aromatic carbocycles. The Kier molecular flexibility index (Phi) is 4.25. The summed E-state index contributed by atoms with van der Waals surface area (Å²) >= 11 is 0. The largest absolute Gasteiger partial charge is 0.340 e. The van der Waals surface area contributed by atoms with Gasteiger partial charge in [-0.2, -0.15) is 0 Å². The molecule has 3 N–H and O–H groups in total. The SMILES string of the molecule is O=C(Nc1ccc(Nc2ccccn2)c2c1C(=O)NC2F)c1ccccc1. The van der Waals surface area contributed by atoms with Crippen LogP contribution in [0, 0.1) is 0 Å². The number of carbonyl (C=O) groups excluding carboxylic acids is 2. The summed E-state index contributed by atoms with van der Waals surface area (Å²) in [6.07, 6.45) is -0.0693. The van der Waals surface area contributed by atoms with Crippen molar-refractivity contribution in [1.82, 2.24) is 10.3 Å². The number of amides is 2. The second-order valence-corrected chi connectivity index (χ2v) is 5.95. The number of fused-ring (bicyclic) bond motifs is 1. The highest BCUT2D eigenvalue weighted by Crippen LogP contribution is 2.38. The first-order valence-electron chi connectivity index (χ1n) is 8.30. The fraction of sp³-hybridized carbons (Fsp3) is 0.0500. The van der Waals surface area contributed by atoms with E-state index in [1.54, 1.807) is 66.9 Å². The minimum Gasteiger partial charge on any atom is -0.340 e. The Bertz CT molecular complexity index is 1010. The van der Waals surface area contributed by atoms with E-state index in [1.165, 1.54) is 0 Å². The number of halogens is 1. The van der Waals surface area contributed by atoms with E-state index in [0.717, 1.165) is 0 Å². The summed E-state index contributed by atoms with van der Waals surface area (Å²) in [4.78, 5) is 28.8. The molecule has 0 bridgehead atoms. The average Bonchev–Trinajstić information content (AvgIpc) is 3.00. The van der Waals surface area contributed by atoms with Crippen LogP contribution in [0.5, 0.6) is 0 Å². The van der Waals surface area contributed by atoms with Crippen molar-refractivity contribution in [1.29, 1.82) is 0 Å². The number of carbonyl (C=O) groups is 2. The van der Waals surface area contributed by atoms with Crippen molar-refractivity contribution in [3.63, 3.8) is 0 Å². The van der Waals surface area contributed by atoms with Gasteiger partial charge in [0.2, 0.25) is 6.30 Å². The van der Waals surface area contributed by atoms with Gasteiger partial charge in [0.25, 0.3) is 11.8 Å². The maximum atomic E-state index is 14.5. The Morgan fingerprint density at radius 2 is 1.74 bits per heavy atom. The number of nitrogens with zero attached hydrogens (tertiary/aromatic N) is 1. The molecule has 1 unspecified atom stereocenters. The third-order valence-corrected chi connectivity index (χ3v) is 4.20. The van der Waals surface area contributed by atoms with Crippen LogP contribution in [-0.2, 0) is 0 Å². The Morgan fingerprint density at radius 3 is 2.48 bits per heavy atom. The van der Waals surface area contributed by atoms with Gasteiger partial charge in [-0.05, 0) is 36.4 Å². The number of anilines is 3. The Balaban J connectivity index is 1.70. The number of hydrogen-bond acceptors (Lipinski definition) is 4. The predicted octanol–water partition coefficient (Wildman–Crippen LogP) is 3.79. The van der Waals surface area contributed by atoms with E-state index < -0.39 is 12.2 Å². The molecule has 2 heterocycles. The molecule has 0 spiro atoms. The molecule has 1 aliphatic heterocycles. The average molecular weight is 362 g/mol. The maximum absolute atomic E-state index is 14.5. The molecule has 6 nitrogen and oxygen atoms in total. The first kappa shape index (κ1) is 16.7. The fourth-order valence-electron chi connectivity index (χ4n) is 2.96. The predicted molar refractivity (Wildman–Crippen MR) is 99.7 cm³/mol. The van der Waals surface area contributed by atoms with E-state index in [-0.39, 0.29) is 22.7 Å². The summed E-state index contributed by atoms with van der Waals surface area (Å²) in [6.45, 7) is 0. The summed E-state index contributed by atoms with van der Waals surface area (Å²) in [5.41, 5.74) is 1.36. The van der Waals surface area contributed by atoms with Crippen LogP contribution >= 0.6 is 0 Å². The molecule has 0 saturated heterocycles. The van der Waals surface area contributed by atoms with Crippen molar-refractivity contribution in [3.05, 3.63) is 83.6 Å². The number of aromatic nitrogens is 1. The molecule has 3 aromatic rings. The van der Waals surface area contributed by atoms with Gasteiger partial charge in [-0.1, -0.05) is 24.3 Å². The highest BCUT2D eigenvalue weighted by molar-refractivity contribution is 6.11. The Labute approximate surface area is 154 Å². The molecule has 1 aliphatic rings. The van der Waals surface area contributed by atoms with Crippen molar-refractivity contribution in [2.45, 2.75) is 6.30 Å². The Hall–Kier alpha value is -3.74. The summed E-state index contributed by atoms with van der Waals surface area (Å²) < 4.78 is 14.5. The van der Waals surface area contributed by atoms with Crippen LogP contribution in [-0.4, -0.2) is 16.8 Å². The van der Waals surface area contributed by atoms with Crippen LogP contribution in [0.15, 0.2) is 66.9 Å². The smallest absolute Gasteiger partial charge is 0.256 e. The standard InChI is InChI=1S/C20H15FN4O2/c21-18-16-13(23-15-8-4-5-11-22-15)9-10-14(17(16)20(27)25-18)24-19(26)12-6-2-1-3-7-12/h1-11,18H,(H,22,23)(H,24,26)(H,25,27). The van der Waals surface area contributed by atoms with Gasteiger partial charge < -0.3 is 16.0 Å². The van der Waals surface area contributed by atoms with Crippen LogP contribution in [0.1, 0.15) is 32.6 Å². The lowest BCUT2D eigenvalue weighted by Crippen LogP contribution is -2.18. The molecular weight excluding hydrogens is 347 g/mol. The molecule has 27 heavy (non-hydrogen) atoms. The van der Waals surface area contributed by atoms with Gasteiger partial charge in [-0.3, -0.25) is 9.59 Å². The summed E-state index contributed by atoms with van der Waals surface area (Å²) in [7, 11) is 0. The number of benzene rings is 2. The summed E-state index contributed by atoms with van der Waals surface area (Å²) in [5, 5.41) is 7.95. The summed E-state index contributed by atoms with van der Waals surface area (Å²) in [5.74, 6) is -0.434. The minimum atomic E-state index is -1.67. The maximum Gasteiger partial charge on any atom is 0.256 e. The lowest BCUT2D eigenvalue weighted by molar-refractivity contribution is 0.0929. The zero-order chi connectivity index (χ0) is 18.8. The number of alkyl halides is 1. The third-order valence-electron chi connectivity index (χ3n) is 4.20. The van der Waals surface area contributed by atoms with E-state index in [0.29, 0.717) is 17.1 Å². The Morgan fingerprint density at radius 1 is 1.00 bits per heavy atom. The van der Waals surface area contributed by atoms with Gasteiger partial charge in [-0.15, -0.1) is 0 Å². The highest BCUT2D eigenvalue weighted by Gasteiger charge is 2.34. The van der Waals surface area contributed by atoms with Gasteiger partial charge in [0, 0.05) is 23.0 Å². The molecule has 134 valence electrons. The molecule has 2 amide bonds. The van der Waals surface area contributed by atoms with E-state index in [9.17, 15) is 14.0 Å². The van der Waals surface area contributed by atoms with Crippen molar-refractivity contribution in [2.24, 2.45) is 0 Å². The van der Waals surface area contributed by atoms with E-state index in [4.69, 9.17) is 0 Å². The topological polar surface area (TPSA) is 83.1 Å². The van der Waals surface area contributed by atoms with Gasteiger partial charge in [0.1, 0.15) is 5.82 Å². The molecule has 1 atom stereocenters. The molecule has 0 radical (unpaired) electrons. The quantitative estimate of drug-likeness (QED) is 0.617. The van der Waals surface area contributed by atoms with Crippen LogP contribution < -0.4 is 16.0 Å². The van der Waals surface area contributed by atoms with Crippen molar-refractivity contribution in [3.8, 4) is 0 Å². The zero-order valence-corrected chi connectivity index (χ0v) is 14.1. The lowest BCUT2D eigenvalue weighted by atomic mass is 10.0. The number of nitrogens with one attached hydrogen (secondary N) is 3. The lowest BCUT2D eigenvalue weighted by Gasteiger charge is -2.14. The normalized spacial score (nSPS) is 15.0. The number of pyridine rings is 1. The highest BCUT2D eigenvalue weighted by atomic mass is 19.1. The van der Waals surface area contributed by atoms with Gasteiger partial charge in [-0.25, -0.2) is 9.37 Å².